The first-order chi connectivity index (χ1) is 13.8. The standard InChI is InChI=1S/C21H30N4O3S.HI/c1-6-22-21(25(4)16-18-7-11-19(28-5)12-8-18)23-15-17-9-13-20(14-10-17)29(26,27)24(2)3;/h7-14H,6,15-16H2,1-5H3,(H,22,23);1H. The minimum atomic E-state index is -3.42. The fraction of sp³-hybridized carbons (Fsp3) is 0.381. The first-order valence-corrected chi connectivity index (χ1v) is 10.9. The van der Waals surface area contributed by atoms with Crippen LogP contribution in [0.5, 0.6) is 5.75 Å². The second kappa shape index (κ2) is 12.1. The number of sulfonamides is 1. The van der Waals surface area contributed by atoms with Gasteiger partial charge in [-0.2, -0.15) is 0 Å². The number of benzene rings is 2. The van der Waals surface area contributed by atoms with E-state index < -0.39 is 10.0 Å². The van der Waals surface area contributed by atoms with Crippen molar-refractivity contribution in [1.29, 1.82) is 0 Å². The average Bonchev–Trinajstić information content (AvgIpc) is 2.71. The summed E-state index contributed by atoms with van der Waals surface area (Å²) in [6, 6.07) is 14.8. The van der Waals surface area contributed by atoms with Crippen LogP contribution in [0.4, 0.5) is 0 Å². The Morgan fingerprint density at radius 3 is 2.07 bits per heavy atom. The van der Waals surface area contributed by atoms with Crippen molar-refractivity contribution in [3.8, 4) is 5.75 Å². The van der Waals surface area contributed by atoms with Crippen molar-refractivity contribution in [3.63, 3.8) is 0 Å². The first-order valence-electron chi connectivity index (χ1n) is 9.41. The van der Waals surface area contributed by atoms with Gasteiger partial charge in [0.2, 0.25) is 10.0 Å². The van der Waals surface area contributed by atoms with E-state index in [1.165, 1.54) is 18.4 Å². The lowest BCUT2D eigenvalue weighted by Gasteiger charge is -2.22. The summed E-state index contributed by atoms with van der Waals surface area (Å²) in [6.45, 7) is 3.94. The largest absolute Gasteiger partial charge is 0.497 e. The second-order valence-corrected chi connectivity index (χ2v) is 8.96. The third-order valence-electron chi connectivity index (χ3n) is 4.39. The summed E-state index contributed by atoms with van der Waals surface area (Å²) in [5.41, 5.74) is 2.09. The Morgan fingerprint density at radius 2 is 1.57 bits per heavy atom. The van der Waals surface area contributed by atoms with E-state index in [-0.39, 0.29) is 28.9 Å². The first kappa shape index (κ1) is 26.2. The topological polar surface area (TPSA) is 74.2 Å². The molecule has 0 saturated heterocycles. The summed E-state index contributed by atoms with van der Waals surface area (Å²) in [5.74, 6) is 1.62. The molecule has 30 heavy (non-hydrogen) atoms. The third kappa shape index (κ3) is 7.13. The SMILES string of the molecule is CCNC(=NCc1ccc(S(=O)(=O)N(C)C)cc1)N(C)Cc1ccc(OC)cc1.I. The van der Waals surface area contributed by atoms with E-state index in [2.05, 4.69) is 15.2 Å². The lowest BCUT2D eigenvalue weighted by Crippen LogP contribution is -2.38. The molecule has 0 radical (unpaired) electrons. The van der Waals surface area contributed by atoms with Crippen LogP contribution in [-0.4, -0.2) is 58.4 Å². The fourth-order valence-electron chi connectivity index (χ4n) is 2.69. The summed E-state index contributed by atoms with van der Waals surface area (Å²) in [6.07, 6.45) is 0. The molecule has 2 rings (SSSR count). The molecule has 0 fully saturated rings. The number of methoxy groups -OCH3 is 1. The Kier molecular flexibility index (Phi) is 10.6. The predicted octanol–water partition coefficient (Wildman–Crippen LogP) is 3.16. The van der Waals surface area contributed by atoms with E-state index in [1.54, 1.807) is 31.4 Å². The van der Waals surface area contributed by atoms with Gasteiger partial charge in [0.1, 0.15) is 5.75 Å². The summed E-state index contributed by atoms with van der Waals surface area (Å²) in [7, 11) is 3.26. The highest BCUT2D eigenvalue weighted by molar-refractivity contribution is 14.0. The summed E-state index contributed by atoms with van der Waals surface area (Å²) in [4.78, 5) is 7.02. The Morgan fingerprint density at radius 1 is 1.00 bits per heavy atom. The normalized spacial score (nSPS) is 11.7. The van der Waals surface area contributed by atoms with Crippen LogP contribution in [0.25, 0.3) is 0 Å². The number of halogens is 1. The molecular weight excluding hydrogens is 515 g/mol. The van der Waals surface area contributed by atoms with Gasteiger partial charge in [-0.05, 0) is 42.3 Å². The molecule has 0 amide bonds. The zero-order chi connectivity index (χ0) is 21.4. The van der Waals surface area contributed by atoms with Crippen molar-refractivity contribution in [2.24, 2.45) is 4.99 Å². The van der Waals surface area contributed by atoms with Gasteiger partial charge in [0.25, 0.3) is 0 Å². The number of nitrogens with zero attached hydrogens (tertiary/aromatic N) is 3. The van der Waals surface area contributed by atoms with Crippen molar-refractivity contribution in [2.75, 3.05) is 34.8 Å². The number of ether oxygens (including phenoxy) is 1. The van der Waals surface area contributed by atoms with Crippen LogP contribution in [0, 0.1) is 0 Å². The second-order valence-electron chi connectivity index (χ2n) is 6.81. The van der Waals surface area contributed by atoms with Gasteiger partial charge in [-0.15, -0.1) is 24.0 Å². The summed E-state index contributed by atoms with van der Waals surface area (Å²) < 4.78 is 30.7. The molecule has 2 aromatic rings. The lowest BCUT2D eigenvalue weighted by atomic mass is 10.2. The maximum atomic E-state index is 12.2. The van der Waals surface area contributed by atoms with Crippen LogP contribution >= 0.6 is 24.0 Å². The van der Waals surface area contributed by atoms with Gasteiger partial charge < -0.3 is 15.0 Å². The quantitative estimate of drug-likeness (QED) is 0.313. The number of aliphatic imine (C=N–C) groups is 1. The van der Waals surface area contributed by atoms with Gasteiger partial charge >= 0.3 is 0 Å². The number of rotatable bonds is 8. The van der Waals surface area contributed by atoms with Gasteiger partial charge in [0, 0.05) is 34.2 Å². The number of guanidine groups is 1. The molecule has 0 aliphatic heterocycles. The van der Waals surface area contributed by atoms with Crippen molar-refractivity contribution in [1.82, 2.24) is 14.5 Å². The van der Waals surface area contributed by atoms with Crippen LogP contribution in [0.15, 0.2) is 58.4 Å². The van der Waals surface area contributed by atoms with E-state index in [0.29, 0.717) is 13.1 Å². The van der Waals surface area contributed by atoms with E-state index in [1.807, 2.05) is 38.2 Å². The third-order valence-corrected chi connectivity index (χ3v) is 6.22. The molecule has 9 heteroatoms. The molecule has 166 valence electrons. The molecule has 0 bridgehead atoms. The molecule has 0 saturated carbocycles. The Bertz CT molecular complexity index is 914. The molecule has 0 heterocycles. The Balaban J connectivity index is 0.00000450. The number of hydrogen-bond acceptors (Lipinski definition) is 4. The van der Waals surface area contributed by atoms with Gasteiger partial charge in [-0.1, -0.05) is 24.3 Å². The maximum Gasteiger partial charge on any atom is 0.242 e. The van der Waals surface area contributed by atoms with Crippen LogP contribution in [0.2, 0.25) is 0 Å². The summed E-state index contributed by atoms with van der Waals surface area (Å²) in [5, 5.41) is 3.29. The highest BCUT2D eigenvalue weighted by Crippen LogP contribution is 2.15. The van der Waals surface area contributed by atoms with E-state index >= 15 is 0 Å². The molecule has 0 aliphatic rings. The lowest BCUT2D eigenvalue weighted by molar-refractivity contribution is 0.414. The van der Waals surface area contributed by atoms with Gasteiger partial charge in [0.15, 0.2) is 5.96 Å². The molecule has 0 unspecified atom stereocenters. The monoisotopic (exact) mass is 546 g/mol. The van der Waals surface area contributed by atoms with Crippen LogP contribution in [0.1, 0.15) is 18.1 Å². The van der Waals surface area contributed by atoms with Gasteiger partial charge in [0.05, 0.1) is 18.6 Å². The van der Waals surface area contributed by atoms with Crippen LogP contribution in [-0.2, 0) is 23.1 Å². The molecule has 0 atom stereocenters. The minimum absolute atomic E-state index is 0. The zero-order valence-corrected chi connectivity index (χ0v) is 21.3. The average molecular weight is 546 g/mol. The van der Waals surface area contributed by atoms with Crippen molar-refractivity contribution < 1.29 is 13.2 Å². The van der Waals surface area contributed by atoms with Crippen LogP contribution in [0.3, 0.4) is 0 Å². The zero-order valence-electron chi connectivity index (χ0n) is 18.1. The Hall–Kier alpha value is -1.85. The molecular formula is C21H31IN4O3S. The maximum absolute atomic E-state index is 12.2. The highest BCUT2D eigenvalue weighted by atomic mass is 127. The molecule has 7 nitrogen and oxygen atoms in total. The smallest absolute Gasteiger partial charge is 0.242 e. The number of hydrogen-bond donors (Lipinski definition) is 1. The van der Waals surface area contributed by atoms with E-state index in [4.69, 9.17) is 4.74 Å². The van der Waals surface area contributed by atoms with Crippen molar-refractivity contribution in [2.45, 2.75) is 24.9 Å². The number of nitrogens with one attached hydrogen (secondary N) is 1. The molecule has 0 spiro atoms. The predicted molar refractivity (Wildman–Crippen MR) is 132 cm³/mol. The fourth-order valence-corrected chi connectivity index (χ4v) is 3.59. The van der Waals surface area contributed by atoms with Gasteiger partial charge in [-0.25, -0.2) is 17.7 Å². The Labute approximate surface area is 197 Å². The highest BCUT2D eigenvalue weighted by Gasteiger charge is 2.16. The molecule has 0 aliphatic carbocycles. The van der Waals surface area contributed by atoms with Crippen LogP contribution < -0.4 is 10.1 Å². The van der Waals surface area contributed by atoms with Crippen molar-refractivity contribution in [3.05, 3.63) is 59.7 Å². The van der Waals surface area contributed by atoms with E-state index in [9.17, 15) is 8.42 Å². The molecule has 1 N–H and O–H groups in total. The molecule has 2 aromatic carbocycles. The van der Waals surface area contributed by atoms with E-state index in [0.717, 1.165) is 29.4 Å². The minimum Gasteiger partial charge on any atom is -0.497 e. The summed E-state index contributed by atoms with van der Waals surface area (Å²) >= 11 is 0. The van der Waals surface area contributed by atoms with Crippen molar-refractivity contribution >= 4 is 40.0 Å². The van der Waals surface area contributed by atoms with Gasteiger partial charge in [-0.3, -0.25) is 0 Å². The molecule has 0 aromatic heterocycles.